The Morgan fingerprint density at radius 1 is 1.43 bits per heavy atom. The van der Waals surface area contributed by atoms with Crippen molar-refractivity contribution in [1.29, 1.82) is 0 Å². The van der Waals surface area contributed by atoms with Gasteiger partial charge in [-0.1, -0.05) is 0 Å². The molecule has 1 aromatic heterocycles. The molecule has 10 heteroatoms. The lowest BCUT2D eigenvalue weighted by atomic mass is 9.77. The summed E-state index contributed by atoms with van der Waals surface area (Å²) in [6.45, 7) is 1.51. The molecule has 1 fully saturated rings. The molecule has 124 valence electrons. The summed E-state index contributed by atoms with van der Waals surface area (Å²) in [4.78, 5) is 21.7. The van der Waals surface area contributed by atoms with E-state index in [2.05, 4.69) is 0 Å². The first-order valence-electron chi connectivity index (χ1n) is 6.63. The normalized spacial score (nSPS) is 24.7. The molecule has 3 rings (SSSR count). The number of aliphatic hydroxyl groups is 1. The molecule has 0 spiro atoms. The third-order valence-corrected chi connectivity index (χ3v) is 3.93. The zero-order valence-electron chi connectivity index (χ0n) is 11.8. The highest BCUT2D eigenvalue weighted by Gasteiger charge is 2.44. The predicted molar refractivity (Wildman–Crippen MR) is 71.0 cm³/mol. The van der Waals surface area contributed by atoms with Crippen molar-refractivity contribution in [2.24, 2.45) is 0 Å². The number of oxazole rings is 1. The first-order valence-corrected chi connectivity index (χ1v) is 6.63. The van der Waals surface area contributed by atoms with Crippen LogP contribution < -0.4 is 5.76 Å². The number of nitro benzene ring substituents is 1. The number of rotatable bonds is 2. The number of benzene rings is 1. The van der Waals surface area contributed by atoms with Crippen molar-refractivity contribution in [1.82, 2.24) is 4.57 Å². The molecule has 0 aliphatic heterocycles. The quantitative estimate of drug-likeness (QED) is 0.673. The average Bonchev–Trinajstić information content (AvgIpc) is 2.68. The standard InChI is InChI=1S/C13H11F3N2O5/c1-12(20)4-7(5-12)17-10-8(13(14,15)16)2-6(18(21)22)3-9(10)23-11(17)19/h2-3,7,20H,4-5H2,1H3. The van der Waals surface area contributed by atoms with E-state index in [4.69, 9.17) is 4.42 Å². The van der Waals surface area contributed by atoms with E-state index in [1.165, 1.54) is 6.92 Å². The van der Waals surface area contributed by atoms with Crippen LogP contribution in [0.4, 0.5) is 18.9 Å². The minimum atomic E-state index is -4.89. The molecule has 1 aromatic carbocycles. The molecule has 1 aliphatic rings. The molecule has 1 saturated carbocycles. The second-order valence-electron chi connectivity index (χ2n) is 5.89. The van der Waals surface area contributed by atoms with Gasteiger partial charge in [0.2, 0.25) is 0 Å². The van der Waals surface area contributed by atoms with Gasteiger partial charge in [0.1, 0.15) is 5.52 Å². The molecule has 0 amide bonds. The monoisotopic (exact) mass is 332 g/mol. The lowest BCUT2D eigenvalue weighted by molar-refractivity contribution is -0.385. The highest BCUT2D eigenvalue weighted by molar-refractivity contribution is 5.81. The van der Waals surface area contributed by atoms with Crippen LogP contribution in [0, 0.1) is 10.1 Å². The van der Waals surface area contributed by atoms with Gasteiger partial charge in [0, 0.05) is 12.1 Å². The molecule has 0 saturated heterocycles. The topological polar surface area (TPSA) is 98.5 Å². The largest absolute Gasteiger partial charge is 0.420 e. The highest BCUT2D eigenvalue weighted by Crippen LogP contribution is 2.44. The number of nitro groups is 1. The fourth-order valence-electron chi connectivity index (χ4n) is 2.95. The van der Waals surface area contributed by atoms with Gasteiger partial charge < -0.3 is 9.52 Å². The Morgan fingerprint density at radius 3 is 2.52 bits per heavy atom. The molecule has 2 aromatic rings. The van der Waals surface area contributed by atoms with E-state index in [0.717, 1.165) is 10.6 Å². The number of non-ortho nitro benzene ring substituents is 1. The second-order valence-corrected chi connectivity index (χ2v) is 5.89. The van der Waals surface area contributed by atoms with Gasteiger partial charge in [0.05, 0.1) is 22.2 Å². The van der Waals surface area contributed by atoms with Gasteiger partial charge in [0.25, 0.3) is 5.69 Å². The number of halogens is 3. The molecule has 0 bridgehead atoms. The summed E-state index contributed by atoms with van der Waals surface area (Å²) in [7, 11) is 0. The van der Waals surface area contributed by atoms with E-state index in [1.54, 1.807) is 0 Å². The summed E-state index contributed by atoms with van der Waals surface area (Å²) in [5.41, 5.74) is -4.21. The summed E-state index contributed by atoms with van der Waals surface area (Å²) in [5, 5.41) is 20.5. The minimum absolute atomic E-state index is 0.0931. The van der Waals surface area contributed by atoms with Crippen molar-refractivity contribution in [3.8, 4) is 0 Å². The molecule has 1 aliphatic carbocycles. The van der Waals surface area contributed by atoms with E-state index in [1.807, 2.05) is 0 Å². The van der Waals surface area contributed by atoms with Crippen LogP contribution in [0.2, 0.25) is 0 Å². The smallest absolute Gasteiger partial charge is 0.407 e. The lowest BCUT2D eigenvalue weighted by Gasteiger charge is -2.41. The maximum atomic E-state index is 13.3. The van der Waals surface area contributed by atoms with Gasteiger partial charge in [-0.25, -0.2) is 4.79 Å². The summed E-state index contributed by atoms with van der Waals surface area (Å²) in [6.07, 6.45) is -4.71. The Hall–Kier alpha value is -2.36. The zero-order chi connectivity index (χ0) is 17.2. The third kappa shape index (κ3) is 2.48. The maximum absolute atomic E-state index is 13.3. The van der Waals surface area contributed by atoms with E-state index in [0.29, 0.717) is 6.07 Å². The number of aromatic nitrogens is 1. The third-order valence-electron chi connectivity index (χ3n) is 3.93. The van der Waals surface area contributed by atoms with Gasteiger partial charge in [-0.3, -0.25) is 14.7 Å². The van der Waals surface area contributed by atoms with Gasteiger partial charge in [-0.2, -0.15) is 13.2 Å². The molecule has 23 heavy (non-hydrogen) atoms. The van der Waals surface area contributed by atoms with Crippen molar-refractivity contribution in [2.45, 2.75) is 37.6 Å². The van der Waals surface area contributed by atoms with Crippen LogP contribution in [0.5, 0.6) is 0 Å². The van der Waals surface area contributed by atoms with Crippen molar-refractivity contribution in [2.75, 3.05) is 0 Å². The fraction of sp³-hybridized carbons (Fsp3) is 0.462. The lowest BCUT2D eigenvalue weighted by Crippen LogP contribution is -2.44. The first-order chi connectivity index (χ1) is 10.5. The SMILES string of the molecule is CC1(O)CC(n2c(=O)oc3cc([N+](=O)[O-])cc(C(F)(F)F)c32)C1. The van der Waals surface area contributed by atoms with E-state index in [-0.39, 0.29) is 12.8 Å². The van der Waals surface area contributed by atoms with Crippen LogP contribution in [0.1, 0.15) is 31.4 Å². The molecule has 0 atom stereocenters. The zero-order valence-corrected chi connectivity index (χ0v) is 11.8. The van der Waals surface area contributed by atoms with Crippen molar-refractivity contribution < 1.29 is 27.6 Å². The summed E-state index contributed by atoms with van der Waals surface area (Å²) in [6, 6.07) is 0.519. The number of hydrogen-bond donors (Lipinski definition) is 1. The van der Waals surface area contributed by atoms with Gasteiger partial charge in [-0.15, -0.1) is 0 Å². The van der Waals surface area contributed by atoms with Crippen LogP contribution in [-0.4, -0.2) is 20.2 Å². The van der Waals surface area contributed by atoms with Crippen molar-refractivity contribution in [3.63, 3.8) is 0 Å². The van der Waals surface area contributed by atoms with Crippen molar-refractivity contribution >= 4 is 16.8 Å². The van der Waals surface area contributed by atoms with Crippen LogP contribution in [0.3, 0.4) is 0 Å². The van der Waals surface area contributed by atoms with Crippen LogP contribution in [-0.2, 0) is 6.18 Å². The average molecular weight is 332 g/mol. The molecule has 0 unspecified atom stereocenters. The highest BCUT2D eigenvalue weighted by atomic mass is 19.4. The Balaban J connectivity index is 2.28. The van der Waals surface area contributed by atoms with E-state index in [9.17, 15) is 33.2 Å². The van der Waals surface area contributed by atoms with Gasteiger partial charge >= 0.3 is 11.9 Å². The van der Waals surface area contributed by atoms with E-state index < -0.39 is 50.8 Å². The number of hydrogen-bond acceptors (Lipinski definition) is 5. The summed E-state index contributed by atoms with van der Waals surface area (Å²) in [5.74, 6) is -1.04. The Labute approximate surface area is 126 Å². The van der Waals surface area contributed by atoms with Crippen molar-refractivity contribution in [3.05, 3.63) is 38.4 Å². The minimum Gasteiger partial charge on any atom is -0.407 e. The Kier molecular flexibility index (Phi) is 3.09. The van der Waals surface area contributed by atoms with Gasteiger partial charge in [-0.05, 0) is 19.8 Å². The van der Waals surface area contributed by atoms with Crippen LogP contribution >= 0.6 is 0 Å². The predicted octanol–water partition coefficient (Wildman–Crippen LogP) is 2.61. The maximum Gasteiger partial charge on any atom is 0.420 e. The summed E-state index contributed by atoms with van der Waals surface area (Å²) >= 11 is 0. The fourth-order valence-corrected chi connectivity index (χ4v) is 2.95. The molecule has 1 heterocycles. The first kappa shape index (κ1) is 15.5. The molecular formula is C13H11F3N2O5. The molecule has 7 nitrogen and oxygen atoms in total. The van der Waals surface area contributed by atoms with Crippen LogP contribution in [0.15, 0.2) is 21.3 Å². The summed E-state index contributed by atoms with van der Waals surface area (Å²) < 4.78 is 45.4. The van der Waals surface area contributed by atoms with E-state index >= 15 is 0 Å². The van der Waals surface area contributed by atoms with Gasteiger partial charge in [0.15, 0.2) is 5.58 Å². The Morgan fingerprint density at radius 2 is 2.04 bits per heavy atom. The van der Waals surface area contributed by atoms with Crippen LogP contribution in [0.25, 0.3) is 11.1 Å². The molecular weight excluding hydrogens is 321 g/mol. The number of fused-ring (bicyclic) bond motifs is 1. The molecule has 1 N–H and O–H groups in total. The number of nitrogens with zero attached hydrogens (tertiary/aromatic N) is 2. The number of alkyl halides is 3. The molecule has 0 radical (unpaired) electrons. The second kappa shape index (κ2) is 4.57. The Bertz CT molecular complexity index is 857.